The number of hydrogen-bond acceptors (Lipinski definition) is 3. The van der Waals surface area contributed by atoms with Crippen molar-refractivity contribution in [1.82, 2.24) is 20.0 Å². The summed E-state index contributed by atoms with van der Waals surface area (Å²) in [5, 5.41) is 8.20. The topological polar surface area (TPSA) is 33.1 Å². The summed E-state index contributed by atoms with van der Waals surface area (Å²) in [6.45, 7) is 7.87. The minimum absolute atomic E-state index is 0.535. The molecule has 1 aliphatic heterocycles. The van der Waals surface area contributed by atoms with Crippen LogP contribution < -0.4 is 5.32 Å². The number of aromatic nitrogens is 2. The fourth-order valence-corrected chi connectivity index (χ4v) is 3.27. The zero-order chi connectivity index (χ0) is 13.8. The molecule has 1 N–H and O–H groups in total. The van der Waals surface area contributed by atoms with E-state index in [1.807, 2.05) is 11.7 Å². The summed E-state index contributed by atoms with van der Waals surface area (Å²) >= 11 is 0. The lowest BCUT2D eigenvalue weighted by atomic mass is 9.93. The average Bonchev–Trinajstić information content (AvgIpc) is 2.93. The van der Waals surface area contributed by atoms with Crippen molar-refractivity contribution in [3.8, 4) is 0 Å². The van der Waals surface area contributed by atoms with E-state index in [-0.39, 0.29) is 0 Å². The molecular weight excluding hydrogens is 236 g/mol. The van der Waals surface area contributed by atoms with Gasteiger partial charge in [0, 0.05) is 24.8 Å². The summed E-state index contributed by atoms with van der Waals surface area (Å²) in [6.07, 6.45) is 5.74. The molecule has 0 spiro atoms. The lowest BCUT2D eigenvalue weighted by molar-refractivity contribution is 0.271. The number of nitrogens with zero attached hydrogens (tertiary/aromatic N) is 3. The molecule has 2 unspecified atom stereocenters. The highest BCUT2D eigenvalue weighted by molar-refractivity contribution is 5.23. The molecule has 19 heavy (non-hydrogen) atoms. The minimum Gasteiger partial charge on any atom is -0.316 e. The molecule has 1 fully saturated rings. The third-order valence-corrected chi connectivity index (χ3v) is 4.20. The van der Waals surface area contributed by atoms with Crippen molar-refractivity contribution >= 4 is 0 Å². The average molecular weight is 264 g/mol. The quantitative estimate of drug-likeness (QED) is 0.798. The van der Waals surface area contributed by atoms with Gasteiger partial charge in [-0.3, -0.25) is 9.58 Å². The maximum atomic E-state index is 4.61. The van der Waals surface area contributed by atoms with Gasteiger partial charge in [-0.2, -0.15) is 5.10 Å². The molecule has 4 nitrogen and oxygen atoms in total. The van der Waals surface area contributed by atoms with Crippen LogP contribution in [0.5, 0.6) is 0 Å². The number of likely N-dealkylation sites (tertiary alicyclic amines) is 1. The number of nitrogens with one attached hydrogen (secondary N) is 1. The monoisotopic (exact) mass is 264 g/mol. The van der Waals surface area contributed by atoms with Crippen molar-refractivity contribution in [2.75, 3.05) is 26.7 Å². The van der Waals surface area contributed by atoms with E-state index >= 15 is 0 Å². The van der Waals surface area contributed by atoms with E-state index in [0.717, 1.165) is 19.5 Å². The van der Waals surface area contributed by atoms with Crippen LogP contribution in [-0.4, -0.2) is 41.4 Å². The fourth-order valence-electron chi connectivity index (χ4n) is 3.27. The summed E-state index contributed by atoms with van der Waals surface area (Å²) in [4.78, 5) is 2.49. The van der Waals surface area contributed by atoms with E-state index in [1.165, 1.54) is 30.6 Å². The van der Waals surface area contributed by atoms with Gasteiger partial charge >= 0.3 is 0 Å². The van der Waals surface area contributed by atoms with Gasteiger partial charge in [-0.05, 0) is 51.9 Å². The van der Waals surface area contributed by atoms with Crippen LogP contribution in [0.25, 0.3) is 0 Å². The molecule has 0 aliphatic carbocycles. The highest BCUT2D eigenvalue weighted by atomic mass is 15.3. The van der Waals surface area contributed by atoms with Gasteiger partial charge in [-0.15, -0.1) is 0 Å². The van der Waals surface area contributed by atoms with Crippen molar-refractivity contribution in [2.45, 2.75) is 39.2 Å². The Morgan fingerprint density at radius 2 is 2.16 bits per heavy atom. The summed E-state index contributed by atoms with van der Waals surface area (Å²) in [5.74, 6) is 0.714. The lowest BCUT2D eigenvalue weighted by Gasteiger charge is -2.25. The second-order valence-electron chi connectivity index (χ2n) is 5.74. The third kappa shape index (κ3) is 3.18. The predicted octanol–water partition coefficient (Wildman–Crippen LogP) is 1.97. The number of rotatable bonds is 6. The third-order valence-electron chi connectivity index (χ3n) is 4.20. The zero-order valence-corrected chi connectivity index (χ0v) is 12.8. The second-order valence-corrected chi connectivity index (χ2v) is 5.74. The van der Waals surface area contributed by atoms with Gasteiger partial charge < -0.3 is 5.32 Å². The molecule has 1 aromatic rings. The predicted molar refractivity (Wildman–Crippen MR) is 79.2 cm³/mol. The van der Waals surface area contributed by atoms with Crippen LogP contribution >= 0.6 is 0 Å². The van der Waals surface area contributed by atoms with E-state index in [0.29, 0.717) is 12.0 Å². The summed E-state index contributed by atoms with van der Waals surface area (Å²) < 4.78 is 1.97. The molecule has 2 heterocycles. The summed E-state index contributed by atoms with van der Waals surface area (Å²) in [7, 11) is 4.28. The standard InChI is InChI=1S/C15H28N4/c1-5-8-16-10-12-7-9-18(3)15(12)13-11-19(4)17-14(13)6-2/h11-12,15-16H,5-10H2,1-4H3. The maximum Gasteiger partial charge on any atom is 0.0669 e. The highest BCUT2D eigenvalue weighted by Crippen LogP contribution is 2.37. The molecule has 0 amide bonds. The van der Waals surface area contributed by atoms with Crippen molar-refractivity contribution < 1.29 is 0 Å². The molecule has 0 radical (unpaired) electrons. The molecule has 0 saturated carbocycles. The normalized spacial score (nSPS) is 24.2. The molecule has 1 aliphatic rings. The number of hydrogen-bond donors (Lipinski definition) is 1. The Balaban J connectivity index is 2.13. The molecule has 1 saturated heterocycles. The first kappa shape index (κ1) is 14.5. The van der Waals surface area contributed by atoms with E-state index in [9.17, 15) is 0 Å². The lowest BCUT2D eigenvalue weighted by Crippen LogP contribution is -2.29. The minimum atomic E-state index is 0.535. The molecule has 0 bridgehead atoms. The van der Waals surface area contributed by atoms with Gasteiger partial charge in [0.2, 0.25) is 0 Å². The molecule has 4 heteroatoms. The molecule has 108 valence electrons. The van der Waals surface area contributed by atoms with Gasteiger partial charge in [-0.1, -0.05) is 13.8 Å². The van der Waals surface area contributed by atoms with E-state index in [1.54, 1.807) is 0 Å². The van der Waals surface area contributed by atoms with E-state index in [2.05, 4.69) is 42.4 Å². The Bertz CT molecular complexity index is 399. The molecule has 2 atom stereocenters. The first-order chi connectivity index (χ1) is 9.17. The maximum absolute atomic E-state index is 4.61. The van der Waals surface area contributed by atoms with Crippen LogP contribution in [0.15, 0.2) is 6.20 Å². The van der Waals surface area contributed by atoms with Gasteiger partial charge in [-0.25, -0.2) is 0 Å². The largest absolute Gasteiger partial charge is 0.316 e. The first-order valence-electron chi connectivity index (χ1n) is 7.60. The fraction of sp³-hybridized carbons (Fsp3) is 0.800. The Morgan fingerprint density at radius 1 is 1.37 bits per heavy atom. The Hall–Kier alpha value is -0.870. The van der Waals surface area contributed by atoms with Crippen LogP contribution in [0.1, 0.15) is 44.0 Å². The van der Waals surface area contributed by atoms with Crippen molar-refractivity contribution in [3.63, 3.8) is 0 Å². The first-order valence-corrected chi connectivity index (χ1v) is 7.60. The zero-order valence-electron chi connectivity index (χ0n) is 12.8. The van der Waals surface area contributed by atoms with Gasteiger partial charge in [0.15, 0.2) is 0 Å². The van der Waals surface area contributed by atoms with Crippen LogP contribution in [0, 0.1) is 5.92 Å². The van der Waals surface area contributed by atoms with Gasteiger partial charge in [0.05, 0.1) is 5.69 Å². The van der Waals surface area contributed by atoms with Crippen LogP contribution in [-0.2, 0) is 13.5 Å². The molecule has 1 aromatic heterocycles. The second kappa shape index (κ2) is 6.53. The number of aryl methyl sites for hydroxylation is 2. The smallest absolute Gasteiger partial charge is 0.0669 e. The SMILES string of the molecule is CCCNCC1CCN(C)C1c1cn(C)nc1CC. The van der Waals surface area contributed by atoms with Crippen molar-refractivity contribution in [2.24, 2.45) is 13.0 Å². The van der Waals surface area contributed by atoms with Crippen LogP contribution in [0.4, 0.5) is 0 Å². The Kier molecular flexibility index (Phi) is 4.99. The van der Waals surface area contributed by atoms with Crippen LogP contribution in [0.2, 0.25) is 0 Å². The van der Waals surface area contributed by atoms with E-state index < -0.39 is 0 Å². The highest BCUT2D eigenvalue weighted by Gasteiger charge is 2.34. The van der Waals surface area contributed by atoms with Gasteiger partial charge in [0.25, 0.3) is 0 Å². The van der Waals surface area contributed by atoms with E-state index in [4.69, 9.17) is 0 Å². The molecular formula is C15H28N4. The molecule has 0 aromatic carbocycles. The summed E-state index contributed by atoms with van der Waals surface area (Å²) in [6, 6.07) is 0.535. The van der Waals surface area contributed by atoms with Crippen molar-refractivity contribution in [3.05, 3.63) is 17.5 Å². The molecule has 2 rings (SSSR count). The Morgan fingerprint density at radius 3 is 2.84 bits per heavy atom. The van der Waals surface area contributed by atoms with Crippen molar-refractivity contribution in [1.29, 1.82) is 0 Å². The summed E-state index contributed by atoms with van der Waals surface area (Å²) in [5.41, 5.74) is 2.70. The Labute approximate surface area is 117 Å². The van der Waals surface area contributed by atoms with Crippen LogP contribution in [0.3, 0.4) is 0 Å². The van der Waals surface area contributed by atoms with Gasteiger partial charge in [0.1, 0.15) is 0 Å².